The summed E-state index contributed by atoms with van der Waals surface area (Å²) in [6.45, 7) is 1.84. The first kappa shape index (κ1) is 38.1. The zero-order valence-electron chi connectivity index (χ0n) is 18.5. The number of aliphatic imine (C=N–C) groups is 1. The molecule has 200 valence electrons. The van der Waals surface area contributed by atoms with Crippen molar-refractivity contribution in [2.75, 3.05) is 12.3 Å². The molecule has 0 aromatic carbocycles. The molecule has 0 amide bonds. The molecule has 0 bridgehead atoms. The van der Waals surface area contributed by atoms with Crippen LogP contribution in [-0.2, 0) is 24.0 Å². The molecule has 0 spiro atoms. The SMILES string of the molecule is C[C@H](N)C(=O)O.NC(N)=NCCC[C@H](N)C(=O)O.N[C@@H](CC(=O)O)C(=O)O.N[C@@H](CS)C(=O)O. The molecule has 17 nitrogen and oxygen atoms in total. The van der Waals surface area contributed by atoms with Crippen molar-refractivity contribution in [1.29, 1.82) is 0 Å². The minimum atomic E-state index is -1.29. The van der Waals surface area contributed by atoms with E-state index in [1.54, 1.807) is 0 Å². The van der Waals surface area contributed by atoms with Crippen LogP contribution in [0.2, 0.25) is 0 Å². The predicted molar refractivity (Wildman–Crippen MR) is 124 cm³/mol. The molecular weight excluding hydrogens is 482 g/mol. The summed E-state index contributed by atoms with van der Waals surface area (Å²) in [6.07, 6.45) is 0.423. The molecular formula is C16H35N7O10S. The fraction of sp³-hybridized carbons (Fsp3) is 0.625. The highest BCUT2D eigenvalue weighted by atomic mass is 32.1. The molecule has 0 aromatic heterocycles. The van der Waals surface area contributed by atoms with Crippen LogP contribution in [0.4, 0.5) is 0 Å². The van der Waals surface area contributed by atoms with Gasteiger partial charge in [-0.15, -0.1) is 0 Å². The second-order valence-corrected chi connectivity index (χ2v) is 6.56. The highest BCUT2D eigenvalue weighted by Crippen LogP contribution is 1.94. The molecule has 34 heavy (non-hydrogen) atoms. The lowest BCUT2D eigenvalue weighted by molar-refractivity contribution is -0.144. The highest BCUT2D eigenvalue weighted by Gasteiger charge is 2.14. The van der Waals surface area contributed by atoms with Gasteiger partial charge in [0.1, 0.15) is 24.2 Å². The number of rotatable bonds is 11. The molecule has 0 fully saturated rings. The lowest BCUT2D eigenvalue weighted by Gasteiger charge is -2.03. The molecule has 0 aliphatic carbocycles. The second-order valence-electron chi connectivity index (χ2n) is 6.19. The van der Waals surface area contributed by atoms with Gasteiger partial charge in [0.15, 0.2) is 5.96 Å². The summed E-state index contributed by atoms with van der Waals surface area (Å²) in [6, 6.07) is -3.66. The Kier molecular flexibility index (Phi) is 25.8. The molecule has 0 radical (unpaired) electrons. The summed E-state index contributed by atoms with van der Waals surface area (Å²) in [5, 5.41) is 40.3. The molecule has 0 aromatic rings. The van der Waals surface area contributed by atoms with E-state index in [-0.39, 0.29) is 11.7 Å². The fourth-order valence-electron chi connectivity index (χ4n) is 0.996. The van der Waals surface area contributed by atoms with E-state index in [0.717, 1.165) is 0 Å². The molecule has 0 unspecified atom stereocenters. The lowest BCUT2D eigenvalue weighted by Crippen LogP contribution is -2.32. The Balaban J connectivity index is -0.000000183. The predicted octanol–water partition coefficient (Wildman–Crippen LogP) is -3.93. The second kappa shape index (κ2) is 23.0. The van der Waals surface area contributed by atoms with Gasteiger partial charge in [0.2, 0.25) is 0 Å². The molecule has 18 heteroatoms. The largest absolute Gasteiger partial charge is 0.481 e. The Labute approximate surface area is 200 Å². The fourth-order valence-corrected chi connectivity index (χ4v) is 1.15. The number of carboxylic acids is 5. The topological polar surface area (TPSA) is 355 Å². The van der Waals surface area contributed by atoms with Gasteiger partial charge in [0, 0.05) is 12.3 Å². The smallest absolute Gasteiger partial charge is 0.321 e. The Bertz CT molecular complexity index is 660. The van der Waals surface area contributed by atoms with Gasteiger partial charge in [0.25, 0.3) is 0 Å². The summed E-state index contributed by atoms with van der Waals surface area (Å²) in [7, 11) is 0. The van der Waals surface area contributed by atoms with Crippen molar-refractivity contribution in [3.05, 3.63) is 0 Å². The number of aliphatic carboxylic acids is 5. The Morgan fingerprint density at radius 2 is 1.15 bits per heavy atom. The summed E-state index contributed by atoms with van der Waals surface area (Å²) in [5.74, 6) is -5.26. The molecule has 4 atom stereocenters. The number of hydrogen-bond donors (Lipinski definition) is 12. The van der Waals surface area contributed by atoms with Crippen molar-refractivity contribution in [3.8, 4) is 0 Å². The number of carboxylic acid groups (broad SMARTS) is 5. The van der Waals surface area contributed by atoms with Gasteiger partial charge >= 0.3 is 29.8 Å². The van der Waals surface area contributed by atoms with Crippen LogP contribution in [0.5, 0.6) is 0 Å². The normalized spacial score (nSPS) is 12.8. The molecule has 0 aliphatic heterocycles. The zero-order valence-corrected chi connectivity index (χ0v) is 19.4. The molecule has 0 heterocycles. The van der Waals surface area contributed by atoms with E-state index < -0.39 is 60.4 Å². The first-order chi connectivity index (χ1) is 15.4. The van der Waals surface area contributed by atoms with Gasteiger partial charge in [0.05, 0.1) is 6.42 Å². The maximum atomic E-state index is 10.2. The first-order valence-corrected chi connectivity index (χ1v) is 9.85. The van der Waals surface area contributed by atoms with Crippen LogP contribution in [0.25, 0.3) is 0 Å². The van der Waals surface area contributed by atoms with Crippen molar-refractivity contribution < 1.29 is 49.5 Å². The zero-order chi connectivity index (χ0) is 28.0. The van der Waals surface area contributed by atoms with Crippen molar-refractivity contribution in [3.63, 3.8) is 0 Å². The highest BCUT2D eigenvalue weighted by molar-refractivity contribution is 7.80. The van der Waals surface area contributed by atoms with Crippen LogP contribution in [0.15, 0.2) is 4.99 Å². The van der Waals surface area contributed by atoms with Gasteiger partial charge in [-0.2, -0.15) is 12.6 Å². The summed E-state index contributed by atoms with van der Waals surface area (Å²) >= 11 is 3.65. The van der Waals surface area contributed by atoms with E-state index in [2.05, 4.69) is 17.6 Å². The van der Waals surface area contributed by atoms with Gasteiger partial charge in [-0.05, 0) is 19.8 Å². The van der Waals surface area contributed by atoms with Crippen molar-refractivity contribution in [2.24, 2.45) is 39.4 Å². The average Bonchev–Trinajstić information content (AvgIpc) is 2.70. The van der Waals surface area contributed by atoms with Crippen molar-refractivity contribution in [1.82, 2.24) is 0 Å². The summed E-state index contributed by atoms with van der Waals surface area (Å²) in [5.41, 5.74) is 29.9. The number of guanidine groups is 1. The standard InChI is InChI=1S/C6H14N4O2.C4H7NO4.C3H7NO2S.C3H7NO2/c7-4(5(11)12)2-1-3-10-6(8)9;5-2(4(8)9)1-3(6)7;4-2(1-7)3(5)6;1-2(4)3(5)6/h4H,1-3,7H2,(H,11,12)(H4,8,9,10);2H,1,5H2,(H,6,7)(H,8,9);2,7H,1,4H2,(H,5,6);2H,4H2,1H3,(H,5,6)/t4-;3*2-/m0000/s1. The van der Waals surface area contributed by atoms with E-state index in [9.17, 15) is 24.0 Å². The number of hydrogen-bond acceptors (Lipinski definition) is 11. The monoisotopic (exact) mass is 517 g/mol. The van der Waals surface area contributed by atoms with E-state index in [4.69, 9.17) is 59.9 Å². The van der Waals surface area contributed by atoms with E-state index in [1.165, 1.54) is 6.92 Å². The number of carbonyl (C=O) groups is 5. The van der Waals surface area contributed by atoms with Crippen molar-refractivity contribution >= 4 is 48.4 Å². The van der Waals surface area contributed by atoms with Crippen LogP contribution in [-0.4, -0.2) is 97.8 Å². The third kappa shape index (κ3) is 33.4. The number of nitrogens with zero attached hydrogens (tertiary/aromatic N) is 1. The summed E-state index contributed by atoms with van der Waals surface area (Å²) in [4.78, 5) is 52.8. The molecule has 0 aliphatic rings. The molecule has 0 saturated carbocycles. The van der Waals surface area contributed by atoms with Gasteiger partial charge in [-0.3, -0.25) is 29.0 Å². The number of thiol groups is 1. The van der Waals surface area contributed by atoms with Crippen LogP contribution in [0, 0.1) is 0 Å². The molecule has 17 N–H and O–H groups in total. The van der Waals surface area contributed by atoms with Crippen LogP contribution < -0.4 is 34.4 Å². The van der Waals surface area contributed by atoms with E-state index in [0.29, 0.717) is 19.4 Å². The summed E-state index contributed by atoms with van der Waals surface area (Å²) < 4.78 is 0. The van der Waals surface area contributed by atoms with Crippen LogP contribution in [0.3, 0.4) is 0 Å². The quantitative estimate of drug-likeness (QED) is 0.0538. The number of nitrogens with two attached hydrogens (primary N) is 6. The van der Waals surface area contributed by atoms with Gasteiger partial charge in [-0.25, -0.2) is 0 Å². The van der Waals surface area contributed by atoms with E-state index >= 15 is 0 Å². The molecule has 0 saturated heterocycles. The minimum absolute atomic E-state index is 0.0129. The Morgan fingerprint density at radius 1 is 0.765 bits per heavy atom. The molecule has 0 rings (SSSR count). The maximum Gasteiger partial charge on any atom is 0.321 e. The third-order valence-corrected chi connectivity index (χ3v) is 3.29. The van der Waals surface area contributed by atoms with Crippen LogP contribution in [0.1, 0.15) is 26.2 Å². The minimum Gasteiger partial charge on any atom is -0.481 e. The Morgan fingerprint density at radius 3 is 1.32 bits per heavy atom. The van der Waals surface area contributed by atoms with Crippen molar-refractivity contribution in [2.45, 2.75) is 50.4 Å². The maximum absolute atomic E-state index is 10.2. The van der Waals surface area contributed by atoms with Gasteiger partial charge < -0.3 is 59.9 Å². The lowest BCUT2D eigenvalue weighted by atomic mass is 10.2. The third-order valence-electron chi connectivity index (χ3n) is 2.90. The average molecular weight is 518 g/mol. The van der Waals surface area contributed by atoms with E-state index in [1.807, 2.05) is 0 Å². The van der Waals surface area contributed by atoms with Gasteiger partial charge in [-0.1, -0.05) is 0 Å². The van der Waals surface area contributed by atoms with Crippen LogP contribution >= 0.6 is 12.6 Å². The first-order valence-electron chi connectivity index (χ1n) is 9.22. The Hall–Kier alpha value is -3.19.